The first-order valence-electron chi connectivity index (χ1n) is 8.30. The molecular weight excluding hydrogens is 220 g/mol. The van der Waals surface area contributed by atoms with Gasteiger partial charge in [0.2, 0.25) is 0 Å². The molecule has 0 heterocycles. The van der Waals surface area contributed by atoms with E-state index < -0.39 is 0 Å². The van der Waals surface area contributed by atoms with Gasteiger partial charge in [-0.1, -0.05) is 84.5 Å². The average molecular weight is 254 g/mol. The van der Waals surface area contributed by atoms with Crippen molar-refractivity contribution in [2.75, 3.05) is 0 Å². The fourth-order valence-electron chi connectivity index (χ4n) is 2.48. The van der Waals surface area contributed by atoms with E-state index in [1.54, 1.807) is 0 Å². The Morgan fingerprint density at radius 1 is 0.667 bits per heavy atom. The number of hydrogen-bond acceptors (Lipinski definition) is 1. The molecule has 1 heteroatoms. The van der Waals surface area contributed by atoms with Gasteiger partial charge in [-0.3, -0.25) is 0 Å². The van der Waals surface area contributed by atoms with Crippen molar-refractivity contribution in [3.05, 3.63) is 0 Å². The number of aldehydes is 1. The van der Waals surface area contributed by atoms with Crippen molar-refractivity contribution in [1.29, 1.82) is 0 Å². The second-order valence-corrected chi connectivity index (χ2v) is 5.66. The highest BCUT2D eigenvalue weighted by atomic mass is 16.1. The third-order valence-corrected chi connectivity index (χ3v) is 3.80. The van der Waals surface area contributed by atoms with Gasteiger partial charge in [0, 0.05) is 5.92 Å². The van der Waals surface area contributed by atoms with Crippen LogP contribution in [0.1, 0.15) is 97.3 Å². The average Bonchev–Trinajstić information content (AvgIpc) is 2.40. The van der Waals surface area contributed by atoms with Crippen molar-refractivity contribution in [2.24, 2.45) is 5.92 Å². The lowest BCUT2D eigenvalue weighted by Crippen LogP contribution is -2.02. The van der Waals surface area contributed by atoms with Crippen LogP contribution in [0, 0.1) is 5.92 Å². The SMILES string of the molecule is CCCCCCCCCCC(C=O)CCCCC. The van der Waals surface area contributed by atoms with E-state index in [0.717, 1.165) is 12.8 Å². The zero-order valence-corrected chi connectivity index (χ0v) is 12.8. The Morgan fingerprint density at radius 2 is 1.06 bits per heavy atom. The molecule has 0 fully saturated rings. The third kappa shape index (κ3) is 12.1. The van der Waals surface area contributed by atoms with Crippen molar-refractivity contribution in [3.63, 3.8) is 0 Å². The molecule has 1 unspecified atom stereocenters. The molecular formula is C17H34O. The largest absolute Gasteiger partial charge is 0.303 e. The highest BCUT2D eigenvalue weighted by molar-refractivity contribution is 5.53. The minimum atomic E-state index is 0.344. The molecule has 0 radical (unpaired) electrons. The van der Waals surface area contributed by atoms with Gasteiger partial charge in [0.1, 0.15) is 6.29 Å². The topological polar surface area (TPSA) is 17.1 Å². The van der Waals surface area contributed by atoms with Crippen molar-refractivity contribution in [1.82, 2.24) is 0 Å². The first-order chi connectivity index (χ1) is 8.85. The molecule has 0 aliphatic rings. The summed E-state index contributed by atoms with van der Waals surface area (Å²) in [4.78, 5) is 10.9. The monoisotopic (exact) mass is 254 g/mol. The number of rotatable bonds is 14. The van der Waals surface area contributed by atoms with Crippen molar-refractivity contribution in [2.45, 2.75) is 97.3 Å². The third-order valence-electron chi connectivity index (χ3n) is 3.80. The van der Waals surface area contributed by atoms with E-state index in [0.29, 0.717) is 5.92 Å². The molecule has 0 aromatic rings. The second kappa shape index (κ2) is 14.7. The molecule has 0 saturated carbocycles. The van der Waals surface area contributed by atoms with Crippen LogP contribution in [-0.4, -0.2) is 6.29 Å². The zero-order valence-electron chi connectivity index (χ0n) is 12.8. The molecule has 0 bridgehead atoms. The molecule has 0 aromatic carbocycles. The molecule has 108 valence electrons. The molecule has 0 aliphatic heterocycles. The van der Waals surface area contributed by atoms with Crippen LogP contribution in [0.3, 0.4) is 0 Å². The zero-order chi connectivity index (χ0) is 13.5. The number of hydrogen-bond donors (Lipinski definition) is 0. The second-order valence-electron chi connectivity index (χ2n) is 5.66. The molecule has 0 amide bonds. The van der Waals surface area contributed by atoms with Gasteiger partial charge < -0.3 is 4.79 Å². The van der Waals surface area contributed by atoms with Crippen LogP contribution in [-0.2, 0) is 4.79 Å². The number of carbonyl (C=O) groups excluding carboxylic acids is 1. The van der Waals surface area contributed by atoms with Crippen LogP contribution in [0.15, 0.2) is 0 Å². The predicted molar refractivity (Wildman–Crippen MR) is 80.9 cm³/mol. The maximum absolute atomic E-state index is 10.9. The van der Waals surface area contributed by atoms with Gasteiger partial charge in [-0.2, -0.15) is 0 Å². The molecule has 0 spiro atoms. The lowest BCUT2D eigenvalue weighted by atomic mass is 9.96. The van der Waals surface area contributed by atoms with Gasteiger partial charge in [-0.05, 0) is 12.8 Å². The molecule has 1 nitrogen and oxygen atoms in total. The maximum Gasteiger partial charge on any atom is 0.123 e. The summed E-state index contributed by atoms with van der Waals surface area (Å²) in [5.74, 6) is 0.344. The first kappa shape index (κ1) is 17.7. The summed E-state index contributed by atoms with van der Waals surface area (Å²) < 4.78 is 0. The van der Waals surface area contributed by atoms with E-state index in [9.17, 15) is 4.79 Å². The first-order valence-corrected chi connectivity index (χ1v) is 8.30. The fraction of sp³-hybridized carbons (Fsp3) is 0.941. The summed E-state index contributed by atoms with van der Waals surface area (Å²) in [6.45, 7) is 4.48. The number of carbonyl (C=O) groups is 1. The van der Waals surface area contributed by atoms with Crippen molar-refractivity contribution < 1.29 is 4.79 Å². The van der Waals surface area contributed by atoms with Gasteiger partial charge in [-0.25, -0.2) is 0 Å². The highest BCUT2D eigenvalue weighted by Gasteiger charge is 2.06. The summed E-state index contributed by atoms with van der Waals surface area (Å²) in [5.41, 5.74) is 0. The van der Waals surface area contributed by atoms with Crippen molar-refractivity contribution in [3.8, 4) is 0 Å². The van der Waals surface area contributed by atoms with E-state index in [2.05, 4.69) is 13.8 Å². The molecule has 1 atom stereocenters. The molecule has 0 N–H and O–H groups in total. The van der Waals surface area contributed by atoms with Crippen molar-refractivity contribution >= 4 is 6.29 Å². The van der Waals surface area contributed by atoms with E-state index in [1.165, 1.54) is 76.9 Å². The lowest BCUT2D eigenvalue weighted by molar-refractivity contribution is -0.111. The van der Waals surface area contributed by atoms with Gasteiger partial charge >= 0.3 is 0 Å². The van der Waals surface area contributed by atoms with Gasteiger partial charge in [0.15, 0.2) is 0 Å². The Morgan fingerprint density at radius 3 is 1.56 bits per heavy atom. The predicted octanol–water partition coefficient (Wildman–Crippen LogP) is 5.91. The van der Waals surface area contributed by atoms with Gasteiger partial charge in [0.05, 0.1) is 0 Å². The summed E-state index contributed by atoms with van der Waals surface area (Å²) in [7, 11) is 0. The minimum Gasteiger partial charge on any atom is -0.303 e. The van der Waals surface area contributed by atoms with Crippen LogP contribution in [0.2, 0.25) is 0 Å². The van der Waals surface area contributed by atoms with Crippen LogP contribution in [0.25, 0.3) is 0 Å². The van der Waals surface area contributed by atoms with E-state index in [1.807, 2.05) is 0 Å². The van der Waals surface area contributed by atoms with Crippen LogP contribution in [0.5, 0.6) is 0 Å². The Balaban J connectivity index is 3.26. The van der Waals surface area contributed by atoms with Crippen LogP contribution in [0.4, 0.5) is 0 Å². The Kier molecular flexibility index (Phi) is 14.5. The summed E-state index contributed by atoms with van der Waals surface area (Å²) in [6.07, 6.45) is 18.1. The van der Waals surface area contributed by atoms with Crippen LogP contribution >= 0.6 is 0 Å². The summed E-state index contributed by atoms with van der Waals surface area (Å²) >= 11 is 0. The molecule has 0 aliphatic carbocycles. The highest BCUT2D eigenvalue weighted by Crippen LogP contribution is 2.16. The Bertz CT molecular complexity index is 165. The standard InChI is InChI=1S/C17H34O/c1-3-5-7-8-9-10-11-13-15-17(16-18)14-12-6-4-2/h16-17H,3-15H2,1-2H3. The molecule has 0 rings (SSSR count). The Labute approximate surface area is 115 Å². The molecule has 0 aromatic heterocycles. The maximum atomic E-state index is 10.9. The quantitative estimate of drug-likeness (QED) is 0.278. The summed E-state index contributed by atoms with van der Waals surface area (Å²) in [5, 5.41) is 0. The lowest BCUT2D eigenvalue weighted by Gasteiger charge is -2.09. The van der Waals surface area contributed by atoms with E-state index >= 15 is 0 Å². The molecule has 18 heavy (non-hydrogen) atoms. The minimum absolute atomic E-state index is 0.344. The van der Waals surface area contributed by atoms with E-state index in [4.69, 9.17) is 0 Å². The normalized spacial score (nSPS) is 12.6. The smallest absolute Gasteiger partial charge is 0.123 e. The Hall–Kier alpha value is -0.330. The van der Waals surface area contributed by atoms with Gasteiger partial charge in [0.25, 0.3) is 0 Å². The van der Waals surface area contributed by atoms with Gasteiger partial charge in [-0.15, -0.1) is 0 Å². The summed E-state index contributed by atoms with van der Waals surface area (Å²) in [6, 6.07) is 0. The number of unbranched alkanes of at least 4 members (excludes halogenated alkanes) is 9. The van der Waals surface area contributed by atoms with Crippen LogP contribution < -0.4 is 0 Å². The fourth-order valence-corrected chi connectivity index (χ4v) is 2.48. The van der Waals surface area contributed by atoms with E-state index in [-0.39, 0.29) is 0 Å². The molecule has 0 saturated heterocycles.